The van der Waals surface area contributed by atoms with Crippen LogP contribution in [0.5, 0.6) is 0 Å². The molecule has 0 saturated carbocycles. The van der Waals surface area contributed by atoms with Crippen molar-refractivity contribution < 1.29 is 9.59 Å². The molecule has 2 saturated heterocycles. The second-order valence-corrected chi connectivity index (χ2v) is 7.56. The van der Waals surface area contributed by atoms with Crippen LogP contribution in [0.2, 0.25) is 0 Å². The van der Waals surface area contributed by atoms with Gasteiger partial charge < -0.3 is 15.1 Å². The van der Waals surface area contributed by atoms with Crippen molar-refractivity contribution in [3.05, 3.63) is 59.4 Å². The van der Waals surface area contributed by atoms with Gasteiger partial charge in [0.05, 0.1) is 17.3 Å². The van der Waals surface area contributed by atoms with E-state index in [1.165, 1.54) is 0 Å². The van der Waals surface area contributed by atoms with Crippen molar-refractivity contribution in [1.29, 1.82) is 0 Å². The number of nitrogens with zero attached hydrogens (tertiary/aromatic N) is 3. The largest absolute Gasteiger partial charge is 0.339 e. The first-order chi connectivity index (χ1) is 13.6. The number of likely N-dealkylation sites (tertiary alicyclic amines) is 2. The van der Waals surface area contributed by atoms with Gasteiger partial charge in [0.2, 0.25) is 0 Å². The number of rotatable bonds is 3. The third-order valence-corrected chi connectivity index (χ3v) is 5.73. The minimum atomic E-state index is -0.152. The Bertz CT molecular complexity index is 862. The van der Waals surface area contributed by atoms with Crippen LogP contribution in [-0.4, -0.2) is 46.4 Å². The van der Waals surface area contributed by atoms with Crippen molar-refractivity contribution in [3.8, 4) is 0 Å². The first-order valence-corrected chi connectivity index (χ1v) is 10.0. The first-order valence-electron chi connectivity index (χ1n) is 10.0. The van der Waals surface area contributed by atoms with E-state index in [4.69, 9.17) is 0 Å². The third-order valence-electron chi connectivity index (χ3n) is 5.73. The minimum Gasteiger partial charge on any atom is -0.339 e. The summed E-state index contributed by atoms with van der Waals surface area (Å²) in [5.74, 6) is 0.0120. The van der Waals surface area contributed by atoms with Gasteiger partial charge in [0.1, 0.15) is 0 Å². The molecule has 2 fully saturated rings. The summed E-state index contributed by atoms with van der Waals surface area (Å²) in [5, 5.41) is 3.02. The zero-order chi connectivity index (χ0) is 19.5. The smallest absolute Gasteiger partial charge is 0.322 e. The Balaban J connectivity index is 1.56. The van der Waals surface area contributed by atoms with Crippen LogP contribution in [-0.2, 0) is 0 Å². The quantitative estimate of drug-likeness (QED) is 0.878. The van der Waals surface area contributed by atoms with E-state index < -0.39 is 0 Å². The summed E-state index contributed by atoms with van der Waals surface area (Å²) in [6.07, 6.45) is 7.51. The van der Waals surface area contributed by atoms with Gasteiger partial charge >= 0.3 is 6.03 Å². The van der Waals surface area contributed by atoms with E-state index in [0.29, 0.717) is 17.8 Å². The first kappa shape index (κ1) is 18.5. The maximum atomic E-state index is 13.1. The molecule has 1 aromatic carbocycles. The lowest BCUT2D eigenvalue weighted by atomic mass is 10.0. The molecular formula is C22H26N4O2. The Kier molecular flexibility index (Phi) is 5.28. The molecule has 2 aromatic rings. The van der Waals surface area contributed by atoms with Crippen LogP contribution in [0.3, 0.4) is 0 Å². The van der Waals surface area contributed by atoms with Gasteiger partial charge in [-0.2, -0.15) is 0 Å². The number of pyridine rings is 1. The molecule has 2 aliphatic rings. The van der Waals surface area contributed by atoms with Gasteiger partial charge in [0.25, 0.3) is 5.91 Å². The Morgan fingerprint density at radius 2 is 1.79 bits per heavy atom. The average Bonchev–Trinajstić information content (AvgIpc) is 3.40. The zero-order valence-electron chi connectivity index (χ0n) is 16.2. The monoisotopic (exact) mass is 378 g/mol. The zero-order valence-corrected chi connectivity index (χ0v) is 16.2. The lowest BCUT2D eigenvalue weighted by Crippen LogP contribution is -2.35. The van der Waals surface area contributed by atoms with Gasteiger partial charge in [0.15, 0.2) is 0 Å². The highest BCUT2D eigenvalue weighted by Gasteiger charge is 2.31. The molecule has 1 atom stereocenters. The number of aryl methyl sites for hydroxylation is 1. The average molecular weight is 378 g/mol. The molecule has 1 N–H and O–H groups in total. The minimum absolute atomic E-state index is 0.0120. The van der Waals surface area contributed by atoms with E-state index in [1.807, 2.05) is 47.1 Å². The molecule has 3 amide bonds. The number of amides is 3. The van der Waals surface area contributed by atoms with Crippen LogP contribution >= 0.6 is 0 Å². The summed E-state index contributed by atoms with van der Waals surface area (Å²) in [6, 6.07) is 9.46. The number of hydrogen-bond donors (Lipinski definition) is 1. The third kappa shape index (κ3) is 3.59. The number of carbonyl (C=O) groups excluding carboxylic acids is 2. The van der Waals surface area contributed by atoms with Gasteiger partial charge in [-0.1, -0.05) is 12.1 Å². The fraction of sp³-hybridized carbons (Fsp3) is 0.409. The lowest BCUT2D eigenvalue weighted by Gasteiger charge is -2.26. The van der Waals surface area contributed by atoms with Gasteiger partial charge in [-0.05, 0) is 61.9 Å². The molecule has 0 radical (unpaired) electrons. The van der Waals surface area contributed by atoms with E-state index in [2.05, 4.69) is 10.3 Å². The van der Waals surface area contributed by atoms with Gasteiger partial charge in [-0.15, -0.1) is 0 Å². The maximum absolute atomic E-state index is 13.1. The van der Waals surface area contributed by atoms with E-state index in [1.54, 1.807) is 12.4 Å². The Labute approximate surface area is 165 Å². The molecule has 0 spiro atoms. The molecule has 3 heterocycles. The molecule has 0 aliphatic carbocycles. The molecule has 1 unspecified atom stereocenters. The molecular weight excluding hydrogens is 352 g/mol. The van der Waals surface area contributed by atoms with Crippen LogP contribution in [0, 0.1) is 6.92 Å². The van der Waals surface area contributed by atoms with Crippen molar-refractivity contribution in [2.24, 2.45) is 0 Å². The highest BCUT2D eigenvalue weighted by molar-refractivity contribution is 6.04. The second kappa shape index (κ2) is 8.00. The van der Waals surface area contributed by atoms with E-state index in [0.717, 1.165) is 49.9 Å². The normalized spacial score (nSPS) is 19.1. The predicted molar refractivity (Wildman–Crippen MR) is 108 cm³/mol. The van der Waals surface area contributed by atoms with Crippen molar-refractivity contribution >= 4 is 17.6 Å². The van der Waals surface area contributed by atoms with Crippen molar-refractivity contribution in [2.75, 3.05) is 25.0 Å². The van der Waals surface area contributed by atoms with Gasteiger partial charge in [-0.3, -0.25) is 9.78 Å². The molecule has 4 rings (SSSR count). The summed E-state index contributed by atoms with van der Waals surface area (Å²) >= 11 is 0. The summed E-state index contributed by atoms with van der Waals surface area (Å²) in [6.45, 7) is 4.21. The van der Waals surface area contributed by atoms with Crippen LogP contribution in [0.15, 0.2) is 42.7 Å². The highest BCUT2D eigenvalue weighted by Crippen LogP contribution is 2.32. The topological polar surface area (TPSA) is 65.5 Å². The number of nitrogens with one attached hydrogen (secondary N) is 1. The van der Waals surface area contributed by atoms with E-state index >= 15 is 0 Å². The van der Waals surface area contributed by atoms with Gasteiger partial charge in [-0.25, -0.2) is 4.79 Å². The molecule has 2 aliphatic heterocycles. The van der Waals surface area contributed by atoms with Crippen LogP contribution < -0.4 is 5.32 Å². The number of anilines is 1. The van der Waals surface area contributed by atoms with E-state index in [9.17, 15) is 9.59 Å². The van der Waals surface area contributed by atoms with Crippen LogP contribution in [0.25, 0.3) is 0 Å². The predicted octanol–water partition coefficient (Wildman–Crippen LogP) is 4.00. The fourth-order valence-corrected chi connectivity index (χ4v) is 4.26. The van der Waals surface area contributed by atoms with Gasteiger partial charge in [0, 0.05) is 32.0 Å². The maximum Gasteiger partial charge on any atom is 0.322 e. The second-order valence-electron chi connectivity index (χ2n) is 7.56. The van der Waals surface area contributed by atoms with Crippen LogP contribution in [0.4, 0.5) is 10.5 Å². The van der Waals surface area contributed by atoms with Crippen molar-refractivity contribution in [2.45, 2.75) is 38.6 Å². The Morgan fingerprint density at radius 1 is 1.04 bits per heavy atom. The van der Waals surface area contributed by atoms with Crippen molar-refractivity contribution in [3.63, 3.8) is 0 Å². The molecule has 6 heteroatoms. The van der Waals surface area contributed by atoms with Crippen molar-refractivity contribution in [1.82, 2.24) is 14.8 Å². The molecule has 28 heavy (non-hydrogen) atoms. The Hall–Kier alpha value is -2.89. The number of carbonyl (C=O) groups is 2. The van der Waals surface area contributed by atoms with Crippen LogP contribution in [0.1, 0.15) is 53.2 Å². The molecule has 0 bridgehead atoms. The molecule has 1 aromatic heterocycles. The SMILES string of the molecule is Cc1cccc(NC(=O)N2CCCC2c2ccncc2)c1C(=O)N1CCCC1. The summed E-state index contributed by atoms with van der Waals surface area (Å²) in [7, 11) is 0. The lowest BCUT2D eigenvalue weighted by molar-refractivity contribution is 0.0793. The van der Waals surface area contributed by atoms with E-state index in [-0.39, 0.29) is 18.0 Å². The fourth-order valence-electron chi connectivity index (χ4n) is 4.26. The summed E-state index contributed by atoms with van der Waals surface area (Å²) < 4.78 is 0. The molecule has 6 nitrogen and oxygen atoms in total. The number of benzene rings is 1. The standard InChI is InChI=1S/C22H26N4O2/c1-16-6-4-7-18(20(16)21(27)25-13-2-3-14-25)24-22(28)26-15-5-8-19(26)17-9-11-23-12-10-17/h4,6-7,9-12,19H,2-3,5,8,13-15H2,1H3,(H,24,28). The highest BCUT2D eigenvalue weighted by atomic mass is 16.2. The Morgan fingerprint density at radius 3 is 2.54 bits per heavy atom. The summed E-state index contributed by atoms with van der Waals surface area (Å²) in [4.78, 5) is 33.9. The molecule has 146 valence electrons. The number of aromatic nitrogens is 1. The number of urea groups is 1. The number of hydrogen-bond acceptors (Lipinski definition) is 3. The summed E-state index contributed by atoms with van der Waals surface area (Å²) in [5.41, 5.74) is 3.20.